The van der Waals surface area contributed by atoms with E-state index in [9.17, 15) is 43.6 Å². The first-order valence-electron chi connectivity index (χ1n) is 33.1. The molecule has 3 aliphatic rings. The quantitative estimate of drug-likeness (QED) is 0.0260. The van der Waals surface area contributed by atoms with Crippen LogP contribution < -0.4 is 42.9 Å². The topological polar surface area (TPSA) is 282 Å². The molecule has 9 aromatic rings. The van der Waals surface area contributed by atoms with Crippen LogP contribution in [-0.2, 0) is 25.3 Å². The Morgan fingerprint density at radius 3 is 0.971 bits per heavy atom. The second-order valence-corrected chi connectivity index (χ2v) is 25.1. The summed E-state index contributed by atoms with van der Waals surface area (Å²) in [5, 5.41) is 46.0. The van der Waals surface area contributed by atoms with Crippen molar-refractivity contribution >= 4 is 17.5 Å². The standard InChI is InChI=1S/C33H35F2N3O3.C31H31F2N3O5.C11H15F2N3O4.3CH4/c1-5-31(6-2)23(3)33(34,35)29(41-31)38-22-21-28(36-30(38)39)37-32(24-13-9-7-10-14-24,25-15-11-8-12-16-25)26-17-19-27(40-4)20-18-26;1-3-29(20-37)26(38)31(32,33)27(41-29)36-19-18-25(34-28(36)39)35-30(21-10-6-4-7-11-21,22-12-8-5-9-13-22)23-14-16-24(40-2)17-15-23;1-2-10(5-17)7(18)11(12,13)8(20-10)16-4-3-6(14)15-9(16)19;;;/h7-23,29H,5-6H2,1-4H3,(H,36,37,39);4-19,26-27,37-38H,3,20H2,1-2H3,(H,34,35,39);3-4,7-8,17-18H,2,5H2,1H3,(H2,14,15,19);3*1H4/t23-,29-;26-,27-,29-;7-,8-,10-;;;/m111.../s1. The number of aromatic nitrogens is 6. The van der Waals surface area contributed by atoms with Gasteiger partial charge in [0.1, 0.15) is 51.2 Å². The highest BCUT2D eigenvalue weighted by Crippen LogP contribution is 2.55. The maximum Gasteiger partial charge on any atom is 0.351 e. The summed E-state index contributed by atoms with van der Waals surface area (Å²) in [6.45, 7) is 6.52. The largest absolute Gasteiger partial charge is 0.497 e. The fourth-order valence-corrected chi connectivity index (χ4v) is 13.6. The minimum atomic E-state index is -3.85. The molecule has 27 heteroatoms. The first-order valence-corrected chi connectivity index (χ1v) is 33.1. The molecule has 3 aromatic heterocycles. The van der Waals surface area contributed by atoms with E-state index >= 15 is 17.6 Å². The molecule has 0 unspecified atom stereocenters. The number of nitrogens with two attached hydrogens (primary N) is 1. The SMILES string of the molecule is C.C.C.CCC1(CC)O[C@@H](n2ccc(NC(c3ccccc3)(c3ccccc3)c3ccc(OC)cc3)nc2=O)C(F)(F)[C@@H]1C.CC[C@]1(CO)O[C@@H](n2ccc(N)nc2=O)C(F)(F)[C@@H]1O.CC[C@]1(CO)O[C@@H](n2ccc(NC(c3ccccc3)(c3ccccc3)c3ccc(OC)cc3)nc2=O)C(F)(F)[C@@H]1O. The van der Waals surface area contributed by atoms with Gasteiger partial charge in [-0.3, -0.25) is 13.7 Å². The van der Waals surface area contributed by atoms with Crippen molar-refractivity contribution in [2.24, 2.45) is 5.92 Å². The zero-order chi connectivity index (χ0) is 73.6. The summed E-state index contributed by atoms with van der Waals surface area (Å²) in [5.41, 5.74) is 0.830. The lowest BCUT2D eigenvalue weighted by Crippen LogP contribution is -2.48. The van der Waals surface area contributed by atoms with Crippen LogP contribution in [0.1, 0.15) is 135 Å². The number of anilines is 3. The Morgan fingerprint density at radius 1 is 0.438 bits per heavy atom. The number of hydrogen-bond acceptors (Lipinski definition) is 18. The van der Waals surface area contributed by atoms with E-state index in [-0.39, 0.29) is 52.6 Å². The van der Waals surface area contributed by atoms with Gasteiger partial charge in [0.05, 0.1) is 39.0 Å². The number of benzene rings is 6. The maximum atomic E-state index is 15.5. The molecule has 6 aromatic carbocycles. The molecule has 3 saturated heterocycles. The Morgan fingerprint density at radius 2 is 0.714 bits per heavy atom. The molecule has 105 heavy (non-hydrogen) atoms. The van der Waals surface area contributed by atoms with E-state index in [1.165, 1.54) is 33.0 Å². The minimum Gasteiger partial charge on any atom is -0.497 e. The third-order valence-corrected chi connectivity index (χ3v) is 19.8. The fourth-order valence-electron chi connectivity index (χ4n) is 13.6. The van der Waals surface area contributed by atoms with Crippen molar-refractivity contribution < 1.29 is 70.5 Å². The molecule has 0 saturated carbocycles. The minimum absolute atomic E-state index is 0. The van der Waals surface area contributed by atoms with Gasteiger partial charge in [0.15, 0.2) is 12.2 Å². The van der Waals surface area contributed by atoms with Crippen LogP contribution >= 0.6 is 0 Å². The van der Waals surface area contributed by atoms with Gasteiger partial charge in [-0.25, -0.2) is 23.2 Å². The van der Waals surface area contributed by atoms with E-state index in [0.29, 0.717) is 33.5 Å². The third kappa shape index (κ3) is 15.1. The fraction of sp³-hybridized carbons (Fsp3) is 0.385. The lowest BCUT2D eigenvalue weighted by Gasteiger charge is -2.37. The number of halogens is 6. The van der Waals surface area contributed by atoms with E-state index in [1.807, 2.05) is 184 Å². The maximum absolute atomic E-state index is 15.5. The van der Waals surface area contributed by atoms with Crippen molar-refractivity contribution in [3.05, 3.63) is 271 Å². The summed E-state index contributed by atoms with van der Waals surface area (Å²) >= 11 is 0. The van der Waals surface area contributed by atoms with Crippen LogP contribution in [0.4, 0.5) is 43.8 Å². The predicted molar refractivity (Wildman–Crippen MR) is 389 cm³/mol. The Kier molecular flexibility index (Phi) is 26.1. The Bertz CT molecular complexity index is 4150. The molecule has 6 heterocycles. The second kappa shape index (κ2) is 33.1. The smallest absolute Gasteiger partial charge is 0.351 e. The first-order chi connectivity index (χ1) is 48.7. The number of methoxy groups -OCH3 is 2. The van der Waals surface area contributed by atoms with Crippen LogP contribution in [0.15, 0.2) is 221 Å². The van der Waals surface area contributed by atoms with E-state index in [4.69, 9.17) is 29.4 Å². The van der Waals surface area contributed by atoms with Gasteiger partial charge in [0, 0.05) is 18.6 Å². The predicted octanol–water partition coefficient (Wildman–Crippen LogP) is 12.7. The van der Waals surface area contributed by atoms with Gasteiger partial charge in [-0.15, -0.1) is 0 Å². The number of nitrogens with zero attached hydrogens (tertiary/aromatic N) is 6. The zero-order valence-electron chi connectivity index (χ0n) is 56.9. The van der Waals surface area contributed by atoms with E-state index in [1.54, 1.807) is 20.3 Å². The summed E-state index contributed by atoms with van der Waals surface area (Å²) in [4.78, 5) is 49.9. The third-order valence-electron chi connectivity index (χ3n) is 19.8. The molecule has 564 valence electrons. The van der Waals surface area contributed by atoms with Crippen molar-refractivity contribution in [2.75, 3.05) is 43.8 Å². The van der Waals surface area contributed by atoms with Crippen LogP contribution in [0.25, 0.3) is 0 Å². The van der Waals surface area contributed by atoms with Crippen molar-refractivity contribution in [1.29, 1.82) is 0 Å². The molecule has 0 bridgehead atoms. The molecule has 0 aliphatic carbocycles. The number of aliphatic hydroxyl groups is 4. The second-order valence-electron chi connectivity index (χ2n) is 25.1. The van der Waals surface area contributed by atoms with Gasteiger partial charge in [-0.1, -0.05) is 202 Å². The number of nitrogens with one attached hydrogen (secondary N) is 2. The van der Waals surface area contributed by atoms with Crippen LogP contribution in [0.3, 0.4) is 0 Å². The number of nitrogen functional groups attached to an aromatic ring is 1. The molecule has 0 radical (unpaired) electrons. The summed E-state index contributed by atoms with van der Waals surface area (Å²) in [6, 6.07) is 58.0. The Hall–Kier alpha value is -9.74. The van der Waals surface area contributed by atoms with Crippen LogP contribution in [0.5, 0.6) is 11.5 Å². The molecule has 8 N–H and O–H groups in total. The summed E-state index contributed by atoms with van der Waals surface area (Å²) < 4.78 is 119. The van der Waals surface area contributed by atoms with Gasteiger partial charge in [0.2, 0.25) is 18.7 Å². The van der Waals surface area contributed by atoms with Crippen LogP contribution in [-0.4, -0.2) is 123 Å². The average Bonchev–Trinajstić information content (AvgIpc) is 1.66. The van der Waals surface area contributed by atoms with Gasteiger partial charge < -0.3 is 60.5 Å². The molecular weight excluding hydrogens is 1370 g/mol. The molecule has 0 amide bonds. The number of ether oxygens (including phenoxy) is 5. The number of hydrogen-bond donors (Lipinski definition) is 7. The normalized spacial score (nSPS) is 22.4. The first kappa shape index (κ1) is 82.5. The number of aliphatic hydroxyl groups excluding tert-OH is 4. The Balaban J connectivity index is 0.000000229. The summed E-state index contributed by atoms with van der Waals surface area (Å²) in [7, 11) is 3.19. The average molecular weight is 1460 g/mol. The number of alkyl halides is 6. The van der Waals surface area contributed by atoms with Crippen molar-refractivity contribution in [1.82, 2.24) is 28.7 Å². The number of rotatable bonds is 21. The van der Waals surface area contributed by atoms with Gasteiger partial charge in [0.25, 0.3) is 5.92 Å². The van der Waals surface area contributed by atoms with Crippen molar-refractivity contribution in [3.8, 4) is 11.5 Å². The van der Waals surface area contributed by atoms with Gasteiger partial charge >= 0.3 is 28.9 Å². The highest BCUT2D eigenvalue weighted by Gasteiger charge is 2.68. The molecule has 21 nitrogen and oxygen atoms in total. The van der Waals surface area contributed by atoms with E-state index < -0.39 is 113 Å². The summed E-state index contributed by atoms with van der Waals surface area (Å²) in [6.07, 6.45) is -6.27. The van der Waals surface area contributed by atoms with Crippen molar-refractivity contribution in [2.45, 2.75) is 159 Å². The molecule has 8 atom stereocenters. The molecule has 3 fully saturated rings. The summed E-state index contributed by atoms with van der Waals surface area (Å²) in [5.74, 6) is -10.3. The van der Waals surface area contributed by atoms with Crippen LogP contribution in [0, 0.1) is 5.92 Å². The van der Waals surface area contributed by atoms with E-state index in [0.717, 1.165) is 56.4 Å². The highest BCUT2D eigenvalue weighted by atomic mass is 19.3. The molecular formula is C78H93F6N9O12. The molecule has 12 rings (SSSR count). The lowest BCUT2D eigenvalue weighted by atomic mass is 9.77. The molecule has 0 spiro atoms. The molecule has 3 aliphatic heterocycles. The monoisotopic (exact) mass is 1460 g/mol. The highest BCUT2D eigenvalue weighted by molar-refractivity contribution is 5.60. The van der Waals surface area contributed by atoms with Gasteiger partial charge in [-0.05, 0) is 102 Å². The Labute approximate surface area is 605 Å². The van der Waals surface area contributed by atoms with Gasteiger partial charge in [-0.2, -0.15) is 32.5 Å². The zero-order valence-corrected chi connectivity index (χ0v) is 56.9. The lowest BCUT2D eigenvalue weighted by molar-refractivity contribution is -0.145. The van der Waals surface area contributed by atoms with Crippen molar-refractivity contribution in [3.63, 3.8) is 0 Å². The van der Waals surface area contributed by atoms with E-state index in [2.05, 4.69) is 25.6 Å². The van der Waals surface area contributed by atoms with Crippen LogP contribution in [0.2, 0.25) is 0 Å².